The van der Waals surface area contributed by atoms with Gasteiger partial charge in [0.05, 0.1) is 11.3 Å². The van der Waals surface area contributed by atoms with Gasteiger partial charge in [-0.05, 0) is 30.3 Å². The van der Waals surface area contributed by atoms with Crippen molar-refractivity contribution in [2.24, 2.45) is 0 Å². The first-order valence-electron chi connectivity index (χ1n) is 7.09. The fourth-order valence-electron chi connectivity index (χ4n) is 1.74. The quantitative estimate of drug-likeness (QED) is 0.629. The van der Waals surface area contributed by atoms with E-state index in [0.29, 0.717) is 24.6 Å². The number of amides is 1. The highest BCUT2D eigenvalue weighted by atomic mass is 19.4. The van der Waals surface area contributed by atoms with Crippen LogP contribution >= 0.6 is 0 Å². The van der Waals surface area contributed by atoms with Crippen molar-refractivity contribution in [2.45, 2.75) is 6.18 Å². The Morgan fingerprint density at radius 3 is 2.58 bits per heavy atom. The SMILES string of the molecule is O=C(/C=C/c1ccccn1)NCCNc1ccc(C(F)(F)F)cn1. The molecule has 2 rings (SSSR count). The highest BCUT2D eigenvalue weighted by Gasteiger charge is 2.30. The Kier molecular flexibility index (Phi) is 5.89. The summed E-state index contributed by atoms with van der Waals surface area (Å²) in [7, 11) is 0. The lowest BCUT2D eigenvalue weighted by Crippen LogP contribution is -2.27. The fourth-order valence-corrected chi connectivity index (χ4v) is 1.74. The van der Waals surface area contributed by atoms with Crippen molar-refractivity contribution >= 4 is 17.8 Å². The van der Waals surface area contributed by atoms with Crippen LogP contribution in [0.15, 0.2) is 48.8 Å². The van der Waals surface area contributed by atoms with Crippen LogP contribution in [-0.2, 0) is 11.0 Å². The number of alkyl halides is 3. The molecule has 0 radical (unpaired) electrons. The van der Waals surface area contributed by atoms with Crippen LogP contribution in [0, 0.1) is 0 Å². The van der Waals surface area contributed by atoms with Crippen molar-refractivity contribution in [3.05, 3.63) is 60.1 Å². The van der Waals surface area contributed by atoms with E-state index in [2.05, 4.69) is 20.6 Å². The van der Waals surface area contributed by atoms with Crippen LogP contribution in [0.3, 0.4) is 0 Å². The topological polar surface area (TPSA) is 66.9 Å². The van der Waals surface area contributed by atoms with Crippen molar-refractivity contribution in [2.75, 3.05) is 18.4 Å². The molecular formula is C16H15F3N4O. The molecular weight excluding hydrogens is 321 g/mol. The number of carbonyl (C=O) groups excluding carboxylic acids is 1. The predicted molar refractivity (Wildman–Crippen MR) is 84.0 cm³/mol. The number of anilines is 1. The summed E-state index contributed by atoms with van der Waals surface area (Å²) in [5.74, 6) is 0.0177. The Hall–Kier alpha value is -2.90. The Labute approximate surface area is 136 Å². The van der Waals surface area contributed by atoms with Crippen molar-refractivity contribution in [1.29, 1.82) is 0 Å². The molecule has 2 aromatic rings. The molecule has 1 amide bonds. The first kappa shape index (κ1) is 17.5. The first-order chi connectivity index (χ1) is 11.4. The van der Waals surface area contributed by atoms with E-state index < -0.39 is 11.7 Å². The van der Waals surface area contributed by atoms with E-state index in [9.17, 15) is 18.0 Å². The number of hydrogen-bond acceptors (Lipinski definition) is 4. The van der Waals surface area contributed by atoms with Gasteiger partial charge in [-0.1, -0.05) is 6.07 Å². The molecule has 24 heavy (non-hydrogen) atoms. The third kappa shape index (κ3) is 5.71. The zero-order valence-electron chi connectivity index (χ0n) is 12.5. The summed E-state index contributed by atoms with van der Waals surface area (Å²) in [6.07, 6.45) is 0.924. The molecule has 0 bridgehead atoms. The molecule has 0 spiro atoms. The Morgan fingerprint density at radius 1 is 1.12 bits per heavy atom. The average Bonchev–Trinajstić information content (AvgIpc) is 2.57. The minimum Gasteiger partial charge on any atom is -0.368 e. The van der Waals surface area contributed by atoms with Gasteiger partial charge in [-0.2, -0.15) is 13.2 Å². The molecule has 126 valence electrons. The van der Waals surface area contributed by atoms with Gasteiger partial charge in [0.2, 0.25) is 5.91 Å². The van der Waals surface area contributed by atoms with E-state index in [1.807, 2.05) is 6.07 Å². The van der Waals surface area contributed by atoms with Crippen LogP contribution < -0.4 is 10.6 Å². The van der Waals surface area contributed by atoms with E-state index in [4.69, 9.17) is 0 Å². The number of aromatic nitrogens is 2. The molecule has 2 aromatic heterocycles. The normalized spacial score (nSPS) is 11.5. The van der Waals surface area contributed by atoms with E-state index in [0.717, 1.165) is 12.3 Å². The van der Waals surface area contributed by atoms with Crippen molar-refractivity contribution in [3.63, 3.8) is 0 Å². The predicted octanol–water partition coefficient (Wildman–Crippen LogP) is 2.74. The molecule has 2 N–H and O–H groups in total. The van der Waals surface area contributed by atoms with Gasteiger partial charge in [0, 0.05) is 31.6 Å². The summed E-state index contributed by atoms with van der Waals surface area (Å²) in [5, 5.41) is 5.46. The Balaban J connectivity index is 1.71. The molecule has 2 heterocycles. The summed E-state index contributed by atoms with van der Waals surface area (Å²) in [6, 6.07) is 7.54. The zero-order valence-corrected chi connectivity index (χ0v) is 12.5. The Morgan fingerprint density at radius 2 is 1.96 bits per heavy atom. The number of rotatable bonds is 6. The van der Waals surface area contributed by atoms with E-state index in [1.165, 1.54) is 12.1 Å². The van der Waals surface area contributed by atoms with Gasteiger partial charge in [0.1, 0.15) is 5.82 Å². The lowest BCUT2D eigenvalue weighted by Gasteiger charge is -2.08. The van der Waals surface area contributed by atoms with E-state index in [1.54, 1.807) is 24.4 Å². The van der Waals surface area contributed by atoms with Crippen LogP contribution in [0.25, 0.3) is 6.08 Å². The van der Waals surface area contributed by atoms with E-state index >= 15 is 0 Å². The molecule has 0 unspecified atom stereocenters. The maximum absolute atomic E-state index is 12.4. The van der Waals surface area contributed by atoms with Crippen LogP contribution in [0.4, 0.5) is 19.0 Å². The van der Waals surface area contributed by atoms with Crippen LogP contribution in [-0.4, -0.2) is 29.0 Å². The van der Waals surface area contributed by atoms with Crippen molar-refractivity contribution in [3.8, 4) is 0 Å². The number of hydrogen-bond donors (Lipinski definition) is 2. The van der Waals surface area contributed by atoms with Crippen molar-refractivity contribution < 1.29 is 18.0 Å². The summed E-state index contributed by atoms with van der Waals surface area (Å²) in [6.45, 7) is 0.635. The second kappa shape index (κ2) is 8.09. The molecule has 8 heteroatoms. The molecule has 5 nitrogen and oxygen atoms in total. The minimum absolute atomic E-state index is 0.289. The van der Waals surface area contributed by atoms with Gasteiger partial charge in [-0.15, -0.1) is 0 Å². The molecule has 0 aliphatic rings. The number of halogens is 3. The minimum atomic E-state index is -4.40. The van der Waals surface area contributed by atoms with Crippen LogP contribution in [0.5, 0.6) is 0 Å². The van der Waals surface area contributed by atoms with Gasteiger partial charge < -0.3 is 10.6 Å². The highest BCUT2D eigenvalue weighted by molar-refractivity contribution is 5.91. The van der Waals surface area contributed by atoms with Gasteiger partial charge in [-0.3, -0.25) is 9.78 Å². The van der Waals surface area contributed by atoms with Gasteiger partial charge in [-0.25, -0.2) is 4.98 Å². The molecule has 0 aromatic carbocycles. The fraction of sp³-hybridized carbons (Fsp3) is 0.188. The second-order valence-electron chi connectivity index (χ2n) is 4.74. The zero-order chi connectivity index (χ0) is 17.4. The maximum Gasteiger partial charge on any atom is 0.417 e. The summed E-state index contributed by atoms with van der Waals surface area (Å²) in [5.41, 5.74) is -0.138. The van der Waals surface area contributed by atoms with Crippen molar-refractivity contribution in [1.82, 2.24) is 15.3 Å². The van der Waals surface area contributed by atoms with Gasteiger partial charge in [0.15, 0.2) is 0 Å². The first-order valence-corrected chi connectivity index (χ1v) is 7.09. The molecule has 0 saturated carbocycles. The molecule has 0 aliphatic carbocycles. The number of nitrogens with one attached hydrogen (secondary N) is 2. The number of nitrogens with zero attached hydrogens (tertiary/aromatic N) is 2. The molecule has 0 aliphatic heterocycles. The summed E-state index contributed by atoms with van der Waals surface area (Å²) >= 11 is 0. The van der Waals surface area contributed by atoms with Gasteiger partial charge >= 0.3 is 6.18 Å². The Bertz CT molecular complexity index is 685. The number of pyridine rings is 2. The maximum atomic E-state index is 12.4. The third-order valence-corrected chi connectivity index (χ3v) is 2.91. The van der Waals surface area contributed by atoms with E-state index in [-0.39, 0.29) is 5.91 Å². The monoisotopic (exact) mass is 336 g/mol. The third-order valence-electron chi connectivity index (χ3n) is 2.91. The smallest absolute Gasteiger partial charge is 0.368 e. The van der Waals surface area contributed by atoms with Crippen LogP contribution in [0.1, 0.15) is 11.3 Å². The van der Waals surface area contributed by atoms with Gasteiger partial charge in [0.25, 0.3) is 0 Å². The number of carbonyl (C=O) groups is 1. The van der Waals surface area contributed by atoms with Crippen LogP contribution in [0.2, 0.25) is 0 Å². The highest BCUT2D eigenvalue weighted by Crippen LogP contribution is 2.28. The largest absolute Gasteiger partial charge is 0.417 e. The summed E-state index contributed by atoms with van der Waals surface area (Å²) in [4.78, 5) is 19.3. The molecule has 0 fully saturated rings. The lowest BCUT2D eigenvalue weighted by atomic mass is 10.3. The average molecular weight is 336 g/mol. The summed E-state index contributed by atoms with van der Waals surface area (Å²) < 4.78 is 37.2. The molecule has 0 saturated heterocycles. The standard InChI is InChI=1S/C16H15F3N4O/c17-16(18,19)12-4-6-14(23-11-12)21-9-10-22-15(24)7-5-13-3-1-2-8-20-13/h1-8,11H,9-10H2,(H,21,23)(H,22,24)/b7-5+. The molecule has 0 atom stereocenters. The second-order valence-corrected chi connectivity index (χ2v) is 4.74. The lowest BCUT2D eigenvalue weighted by molar-refractivity contribution is -0.137.